The van der Waals surface area contributed by atoms with E-state index in [-0.39, 0.29) is 29.7 Å². The summed E-state index contributed by atoms with van der Waals surface area (Å²) in [6.45, 7) is 1.01. The summed E-state index contributed by atoms with van der Waals surface area (Å²) in [6.07, 6.45) is 4.02. The van der Waals surface area contributed by atoms with Gasteiger partial charge in [0.25, 0.3) is 5.91 Å². The number of hydrogen-bond donors (Lipinski definition) is 1. The number of urea groups is 1. The van der Waals surface area contributed by atoms with Crippen LogP contribution >= 0.6 is 0 Å². The number of nitrogens with one attached hydrogen (secondary N) is 1. The maximum atomic E-state index is 13.0. The molecule has 0 unspecified atom stereocenters. The van der Waals surface area contributed by atoms with Crippen LogP contribution in [0.3, 0.4) is 0 Å². The fourth-order valence-electron chi connectivity index (χ4n) is 4.34. The van der Waals surface area contributed by atoms with Gasteiger partial charge in [0.15, 0.2) is 17.3 Å². The molecule has 9 nitrogen and oxygen atoms in total. The number of carbonyl (C=O) groups is 4. The molecule has 9 heteroatoms. The van der Waals surface area contributed by atoms with Crippen LogP contribution in [-0.4, -0.2) is 59.4 Å². The highest BCUT2D eigenvalue weighted by Gasteiger charge is 2.55. The Bertz CT molecular complexity index is 906. The molecule has 0 bridgehead atoms. The molecular formula is C20H23N3O6. The van der Waals surface area contributed by atoms with Crippen molar-refractivity contribution in [3.63, 3.8) is 0 Å². The summed E-state index contributed by atoms with van der Waals surface area (Å²) < 4.78 is 10.6. The molecule has 2 heterocycles. The van der Waals surface area contributed by atoms with Crippen molar-refractivity contribution in [1.82, 2.24) is 9.80 Å². The second-order valence-electron chi connectivity index (χ2n) is 7.68. The summed E-state index contributed by atoms with van der Waals surface area (Å²) in [7, 11) is 1.62. The topological polar surface area (TPSA) is 105 Å². The smallest absolute Gasteiger partial charge is 0.327 e. The number of Topliss-reactive ketones (excluding diaryl/α,β-unsaturated/α-hetero) is 1. The van der Waals surface area contributed by atoms with E-state index in [2.05, 4.69) is 5.32 Å². The summed E-state index contributed by atoms with van der Waals surface area (Å²) in [5.41, 5.74) is -0.312. The summed E-state index contributed by atoms with van der Waals surface area (Å²) in [4.78, 5) is 52.8. The number of nitrogens with zero attached hydrogens (tertiary/aromatic N) is 2. The molecule has 4 rings (SSSR count). The Hall–Kier alpha value is -3.10. The fourth-order valence-corrected chi connectivity index (χ4v) is 4.34. The van der Waals surface area contributed by atoms with Gasteiger partial charge in [-0.3, -0.25) is 19.3 Å². The number of amides is 4. The number of ketones is 1. The van der Waals surface area contributed by atoms with Gasteiger partial charge in [-0.15, -0.1) is 0 Å². The van der Waals surface area contributed by atoms with Crippen molar-refractivity contribution in [2.75, 3.05) is 25.7 Å². The van der Waals surface area contributed by atoms with Crippen LogP contribution in [0.15, 0.2) is 12.1 Å². The number of carbonyl (C=O) groups excluding carboxylic acids is 4. The molecule has 2 fully saturated rings. The maximum absolute atomic E-state index is 13.0. The van der Waals surface area contributed by atoms with Gasteiger partial charge in [0.1, 0.15) is 12.1 Å². The predicted molar refractivity (Wildman–Crippen MR) is 102 cm³/mol. The van der Waals surface area contributed by atoms with Crippen LogP contribution in [0.4, 0.5) is 10.5 Å². The van der Waals surface area contributed by atoms with Crippen molar-refractivity contribution in [3.05, 3.63) is 17.7 Å². The van der Waals surface area contributed by atoms with Gasteiger partial charge in [-0.25, -0.2) is 4.79 Å². The molecule has 2 aliphatic heterocycles. The Morgan fingerprint density at radius 2 is 1.76 bits per heavy atom. The van der Waals surface area contributed by atoms with E-state index < -0.39 is 24.0 Å². The average molecular weight is 401 g/mol. The molecule has 1 aliphatic carbocycles. The van der Waals surface area contributed by atoms with Gasteiger partial charge < -0.3 is 19.7 Å². The van der Waals surface area contributed by atoms with E-state index in [0.717, 1.165) is 24.2 Å². The number of imide groups is 1. The zero-order valence-electron chi connectivity index (χ0n) is 16.4. The van der Waals surface area contributed by atoms with E-state index in [1.165, 1.54) is 24.0 Å². The Labute approximate surface area is 167 Å². The molecule has 0 atom stereocenters. The quantitative estimate of drug-likeness (QED) is 0.612. The summed E-state index contributed by atoms with van der Waals surface area (Å²) in [6, 6.07) is 2.56. The van der Waals surface area contributed by atoms with E-state index in [1.807, 2.05) is 0 Å². The normalized spacial score (nSPS) is 19.8. The first-order valence-corrected chi connectivity index (χ1v) is 9.68. The van der Waals surface area contributed by atoms with Gasteiger partial charge in [-0.2, -0.15) is 0 Å². The number of benzene rings is 1. The van der Waals surface area contributed by atoms with Gasteiger partial charge in [0, 0.05) is 18.7 Å². The Morgan fingerprint density at radius 3 is 2.41 bits per heavy atom. The Kier molecular flexibility index (Phi) is 4.68. The van der Waals surface area contributed by atoms with Crippen LogP contribution in [0.25, 0.3) is 0 Å². The third kappa shape index (κ3) is 3.10. The first-order valence-electron chi connectivity index (χ1n) is 9.68. The summed E-state index contributed by atoms with van der Waals surface area (Å²) in [5, 5.41) is 2.64. The molecule has 1 saturated carbocycles. The van der Waals surface area contributed by atoms with Crippen molar-refractivity contribution >= 4 is 29.3 Å². The molecule has 154 valence electrons. The van der Waals surface area contributed by atoms with Crippen molar-refractivity contribution < 1.29 is 28.7 Å². The molecule has 0 aromatic heterocycles. The summed E-state index contributed by atoms with van der Waals surface area (Å²) in [5.74, 6) is -0.294. The molecule has 1 N–H and O–H groups in total. The molecule has 1 aromatic rings. The second kappa shape index (κ2) is 7.06. The molecule has 1 aromatic carbocycles. The lowest BCUT2D eigenvalue weighted by Gasteiger charge is -2.35. The number of hydrogen-bond acceptors (Lipinski definition) is 6. The van der Waals surface area contributed by atoms with Crippen LogP contribution in [0, 0.1) is 0 Å². The lowest BCUT2D eigenvalue weighted by Crippen LogP contribution is -2.49. The van der Waals surface area contributed by atoms with Crippen LogP contribution < -0.4 is 14.8 Å². The SMILES string of the molecule is CC(=O)c1cc2c(cc1NC(=O)CN1C(=O)N(C)C3(CCCCC3)C1=O)OCO2. The molecule has 3 aliphatic rings. The van der Waals surface area contributed by atoms with Crippen LogP contribution in [0.5, 0.6) is 11.5 Å². The van der Waals surface area contributed by atoms with E-state index in [9.17, 15) is 19.2 Å². The van der Waals surface area contributed by atoms with Crippen molar-refractivity contribution in [1.29, 1.82) is 0 Å². The van der Waals surface area contributed by atoms with Crippen molar-refractivity contribution in [2.24, 2.45) is 0 Å². The number of fused-ring (bicyclic) bond motifs is 1. The number of ether oxygens (including phenoxy) is 2. The fraction of sp³-hybridized carbons (Fsp3) is 0.500. The molecular weight excluding hydrogens is 378 g/mol. The number of rotatable bonds is 4. The zero-order valence-corrected chi connectivity index (χ0v) is 16.4. The minimum absolute atomic E-state index is 0.0370. The van der Waals surface area contributed by atoms with Crippen molar-refractivity contribution in [3.8, 4) is 11.5 Å². The largest absolute Gasteiger partial charge is 0.454 e. The third-order valence-electron chi connectivity index (χ3n) is 5.95. The lowest BCUT2D eigenvalue weighted by molar-refractivity contribution is -0.136. The first-order chi connectivity index (χ1) is 13.8. The lowest BCUT2D eigenvalue weighted by atomic mass is 9.81. The number of anilines is 1. The molecule has 29 heavy (non-hydrogen) atoms. The van der Waals surface area contributed by atoms with E-state index in [0.29, 0.717) is 24.3 Å². The van der Waals surface area contributed by atoms with Crippen LogP contribution in [0.1, 0.15) is 49.4 Å². The third-order valence-corrected chi connectivity index (χ3v) is 5.95. The van der Waals surface area contributed by atoms with E-state index in [1.54, 1.807) is 7.05 Å². The predicted octanol–water partition coefficient (Wildman–Crippen LogP) is 2.15. The standard InChI is InChI=1S/C20H23N3O6/c1-12(24)13-8-15-16(29-11-28-15)9-14(13)21-17(25)10-23-18(26)20(22(2)19(23)27)6-4-3-5-7-20/h8-9H,3-7,10-11H2,1-2H3,(H,21,25). The van der Waals surface area contributed by atoms with Crippen molar-refractivity contribution in [2.45, 2.75) is 44.6 Å². The zero-order chi connectivity index (χ0) is 20.8. The average Bonchev–Trinajstić information content (AvgIpc) is 3.22. The van der Waals surface area contributed by atoms with Gasteiger partial charge >= 0.3 is 6.03 Å². The molecule has 1 spiro atoms. The Balaban J connectivity index is 1.53. The van der Waals surface area contributed by atoms with Gasteiger partial charge in [0.2, 0.25) is 12.7 Å². The van der Waals surface area contributed by atoms with E-state index >= 15 is 0 Å². The Morgan fingerprint density at radius 1 is 1.10 bits per heavy atom. The minimum atomic E-state index is -0.834. The molecule has 1 saturated heterocycles. The highest BCUT2D eigenvalue weighted by atomic mass is 16.7. The van der Waals surface area contributed by atoms with Gasteiger partial charge in [0.05, 0.1) is 5.69 Å². The van der Waals surface area contributed by atoms with E-state index in [4.69, 9.17) is 9.47 Å². The number of likely N-dealkylation sites (N-methyl/N-ethyl adjacent to an activating group) is 1. The molecule has 0 radical (unpaired) electrons. The van der Waals surface area contributed by atoms with Gasteiger partial charge in [-0.05, 0) is 25.8 Å². The van der Waals surface area contributed by atoms with Gasteiger partial charge in [-0.1, -0.05) is 19.3 Å². The monoisotopic (exact) mass is 401 g/mol. The maximum Gasteiger partial charge on any atom is 0.327 e. The first kappa shape index (κ1) is 19.2. The minimum Gasteiger partial charge on any atom is -0.454 e. The van der Waals surface area contributed by atoms with Crippen LogP contribution in [0.2, 0.25) is 0 Å². The summed E-state index contributed by atoms with van der Waals surface area (Å²) >= 11 is 0. The second-order valence-corrected chi connectivity index (χ2v) is 7.68. The highest BCUT2D eigenvalue weighted by Crippen LogP contribution is 2.40. The highest BCUT2D eigenvalue weighted by molar-refractivity contribution is 6.11. The molecule has 4 amide bonds. The van der Waals surface area contributed by atoms with Crippen LogP contribution in [-0.2, 0) is 9.59 Å².